The summed E-state index contributed by atoms with van der Waals surface area (Å²) in [6.45, 7) is 2.27. The van der Waals surface area contributed by atoms with Gasteiger partial charge in [-0.15, -0.1) is 0 Å². The molecule has 0 unspecified atom stereocenters. The second kappa shape index (κ2) is 7.45. The van der Waals surface area contributed by atoms with Crippen LogP contribution in [0.25, 0.3) is 11.0 Å². The molecule has 2 heterocycles. The van der Waals surface area contributed by atoms with E-state index < -0.39 is 6.09 Å². The third-order valence-corrected chi connectivity index (χ3v) is 4.47. The van der Waals surface area contributed by atoms with Gasteiger partial charge in [-0.3, -0.25) is 4.68 Å². The molecule has 2 aromatic heterocycles. The SMILES string of the molecule is C[C@@H](Cc1nc2ccccc2n1C(=O)OCc1ccccc1)n1cccn1. The molecule has 4 rings (SSSR count). The van der Waals surface area contributed by atoms with Crippen LogP contribution in [0.3, 0.4) is 0 Å². The van der Waals surface area contributed by atoms with E-state index >= 15 is 0 Å². The summed E-state index contributed by atoms with van der Waals surface area (Å²) in [6, 6.07) is 19.2. The summed E-state index contributed by atoms with van der Waals surface area (Å²) in [5.41, 5.74) is 2.47. The predicted molar refractivity (Wildman–Crippen MR) is 102 cm³/mol. The molecule has 0 N–H and O–H groups in total. The van der Waals surface area contributed by atoms with E-state index in [9.17, 15) is 4.79 Å². The lowest BCUT2D eigenvalue weighted by atomic mass is 10.2. The first-order chi connectivity index (χ1) is 13.2. The van der Waals surface area contributed by atoms with Crippen LogP contribution in [-0.4, -0.2) is 25.4 Å². The van der Waals surface area contributed by atoms with Crippen molar-refractivity contribution in [3.63, 3.8) is 0 Å². The molecular weight excluding hydrogens is 340 g/mol. The largest absolute Gasteiger partial charge is 0.444 e. The maximum Gasteiger partial charge on any atom is 0.420 e. The first-order valence-electron chi connectivity index (χ1n) is 8.89. The molecule has 0 aliphatic heterocycles. The van der Waals surface area contributed by atoms with Crippen LogP contribution >= 0.6 is 0 Å². The zero-order valence-corrected chi connectivity index (χ0v) is 15.0. The smallest absolute Gasteiger partial charge is 0.420 e. The molecule has 1 atom stereocenters. The van der Waals surface area contributed by atoms with Crippen LogP contribution in [0.5, 0.6) is 0 Å². The number of nitrogens with zero attached hydrogens (tertiary/aromatic N) is 4. The number of rotatable bonds is 5. The van der Waals surface area contributed by atoms with Crippen molar-refractivity contribution in [3.8, 4) is 0 Å². The molecule has 6 heteroatoms. The number of hydrogen-bond acceptors (Lipinski definition) is 4. The highest BCUT2D eigenvalue weighted by Gasteiger charge is 2.20. The highest BCUT2D eigenvalue weighted by molar-refractivity contribution is 5.87. The number of benzene rings is 2. The summed E-state index contributed by atoms with van der Waals surface area (Å²) in [5, 5.41) is 4.28. The lowest BCUT2D eigenvalue weighted by molar-refractivity contribution is 0.141. The van der Waals surface area contributed by atoms with Gasteiger partial charge in [-0.25, -0.2) is 14.3 Å². The van der Waals surface area contributed by atoms with Gasteiger partial charge in [-0.05, 0) is 30.7 Å². The average Bonchev–Trinajstić information content (AvgIpc) is 3.34. The lowest BCUT2D eigenvalue weighted by Crippen LogP contribution is -2.19. The number of hydrogen-bond donors (Lipinski definition) is 0. The molecule has 0 amide bonds. The van der Waals surface area contributed by atoms with Gasteiger partial charge in [-0.2, -0.15) is 5.10 Å². The number of fused-ring (bicyclic) bond motifs is 1. The first-order valence-corrected chi connectivity index (χ1v) is 8.89. The normalized spacial score (nSPS) is 12.2. The Morgan fingerprint density at radius 1 is 1.07 bits per heavy atom. The van der Waals surface area contributed by atoms with Crippen LogP contribution in [0, 0.1) is 0 Å². The van der Waals surface area contributed by atoms with Gasteiger partial charge in [0.25, 0.3) is 0 Å². The Kier molecular flexibility index (Phi) is 4.70. The van der Waals surface area contributed by atoms with Gasteiger partial charge >= 0.3 is 6.09 Å². The van der Waals surface area contributed by atoms with Crippen LogP contribution in [0.15, 0.2) is 73.1 Å². The van der Waals surface area contributed by atoms with Gasteiger partial charge in [0, 0.05) is 18.8 Å². The van der Waals surface area contributed by atoms with Crippen molar-refractivity contribution in [2.45, 2.75) is 26.0 Å². The van der Waals surface area contributed by atoms with Crippen molar-refractivity contribution in [1.82, 2.24) is 19.3 Å². The van der Waals surface area contributed by atoms with Crippen molar-refractivity contribution in [2.24, 2.45) is 0 Å². The summed E-state index contributed by atoms with van der Waals surface area (Å²) >= 11 is 0. The standard InChI is InChI=1S/C21H20N4O2/c1-16(24-13-7-12-22-24)14-20-23-18-10-5-6-11-19(18)25(20)21(26)27-15-17-8-3-2-4-9-17/h2-13,16H,14-15H2,1H3/t16-/m0/s1. The maximum absolute atomic E-state index is 12.9. The van der Waals surface area contributed by atoms with Gasteiger partial charge in [0.05, 0.1) is 17.1 Å². The first kappa shape index (κ1) is 17.0. The Morgan fingerprint density at radius 2 is 1.85 bits per heavy atom. The fourth-order valence-corrected chi connectivity index (χ4v) is 3.10. The van der Waals surface area contributed by atoms with E-state index in [0.717, 1.165) is 16.6 Å². The predicted octanol–water partition coefficient (Wildman–Crippen LogP) is 4.22. The third kappa shape index (κ3) is 3.60. The van der Waals surface area contributed by atoms with Crippen molar-refractivity contribution >= 4 is 17.1 Å². The average molecular weight is 360 g/mol. The molecule has 4 aromatic rings. The van der Waals surface area contributed by atoms with Gasteiger partial charge < -0.3 is 4.74 Å². The molecule has 0 radical (unpaired) electrons. The van der Waals surface area contributed by atoms with Crippen molar-refractivity contribution in [1.29, 1.82) is 0 Å². The minimum atomic E-state index is -0.421. The summed E-state index contributed by atoms with van der Waals surface area (Å²) in [5.74, 6) is 0.664. The van der Waals surface area contributed by atoms with E-state index in [2.05, 4.69) is 10.1 Å². The Labute approximate surface area is 157 Å². The molecule has 0 saturated carbocycles. The zero-order chi connectivity index (χ0) is 18.6. The third-order valence-electron chi connectivity index (χ3n) is 4.47. The van der Waals surface area contributed by atoms with Crippen LogP contribution in [0.1, 0.15) is 24.4 Å². The zero-order valence-electron chi connectivity index (χ0n) is 15.0. The Bertz CT molecular complexity index is 1040. The molecule has 6 nitrogen and oxygen atoms in total. The monoisotopic (exact) mass is 360 g/mol. The van der Waals surface area contributed by atoms with Crippen molar-refractivity contribution in [2.75, 3.05) is 0 Å². The fourth-order valence-electron chi connectivity index (χ4n) is 3.10. The number of aromatic nitrogens is 4. The number of para-hydroxylation sites is 2. The quantitative estimate of drug-likeness (QED) is 0.534. The number of carbonyl (C=O) groups excluding carboxylic acids is 1. The number of ether oxygens (including phenoxy) is 1. The van der Waals surface area contributed by atoms with Crippen LogP contribution < -0.4 is 0 Å². The highest BCUT2D eigenvalue weighted by atomic mass is 16.5. The topological polar surface area (TPSA) is 61.9 Å². The Balaban J connectivity index is 1.62. The molecule has 0 saturated heterocycles. The Hall–Kier alpha value is -3.41. The van der Waals surface area contributed by atoms with Crippen LogP contribution in [0.2, 0.25) is 0 Å². The maximum atomic E-state index is 12.9. The van der Waals surface area contributed by atoms with E-state index in [-0.39, 0.29) is 12.6 Å². The van der Waals surface area contributed by atoms with E-state index in [0.29, 0.717) is 12.2 Å². The second-order valence-electron chi connectivity index (χ2n) is 6.43. The molecule has 2 aromatic carbocycles. The number of carbonyl (C=O) groups is 1. The van der Waals surface area contributed by atoms with Gasteiger partial charge in [0.15, 0.2) is 0 Å². The van der Waals surface area contributed by atoms with Crippen molar-refractivity contribution in [3.05, 3.63) is 84.4 Å². The molecule has 0 bridgehead atoms. The van der Waals surface area contributed by atoms with E-state index in [4.69, 9.17) is 4.74 Å². The minimum absolute atomic E-state index is 0.0671. The molecule has 136 valence electrons. The highest BCUT2D eigenvalue weighted by Crippen LogP contribution is 2.20. The molecule has 0 aliphatic carbocycles. The summed E-state index contributed by atoms with van der Waals surface area (Å²) in [6.07, 6.45) is 3.80. The molecular formula is C21H20N4O2. The molecule has 27 heavy (non-hydrogen) atoms. The Morgan fingerprint density at radius 3 is 2.63 bits per heavy atom. The molecule has 0 aliphatic rings. The number of imidazole rings is 1. The van der Waals surface area contributed by atoms with Gasteiger partial charge in [0.2, 0.25) is 0 Å². The van der Waals surface area contributed by atoms with Crippen molar-refractivity contribution < 1.29 is 9.53 Å². The molecule has 0 spiro atoms. The van der Waals surface area contributed by atoms with Crippen LogP contribution in [-0.2, 0) is 17.8 Å². The van der Waals surface area contributed by atoms with Crippen LogP contribution in [0.4, 0.5) is 4.79 Å². The minimum Gasteiger partial charge on any atom is -0.444 e. The van der Waals surface area contributed by atoms with E-state index in [1.165, 1.54) is 0 Å². The molecule has 0 fully saturated rings. The summed E-state index contributed by atoms with van der Waals surface area (Å²) in [7, 11) is 0. The van der Waals surface area contributed by atoms with E-state index in [1.807, 2.05) is 78.5 Å². The fraction of sp³-hybridized carbons (Fsp3) is 0.190. The van der Waals surface area contributed by atoms with Gasteiger partial charge in [-0.1, -0.05) is 42.5 Å². The van der Waals surface area contributed by atoms with Gasteiger partial charge in [0.1, 0.15) is 12.4 Å². The second-order valence-corrected chi connectivity index (χ2v) is 6.43. The lowest BCUT2D eigenvalue weighted by Gasteiger charge is -2.13. The summed E-state index contributed by atoms with van der Waals surface area (Å²) < 4.78 is 8.98. The summed E-state index contributed by atoms with van der Waals surface area (Å²) in [4.78, 5) is 17.5. The van der Waals surface area contributed by atoms with E-state index in [1.54, 1.807) is 10.8 Å².